The average molecular weight is 276 g/mol. The molecule has 0 unspecified atom stereocenters. The fourth-order valence-corrected chi connectivity index (χ4v) is 2.64. The normalized spacial score (nSPS) is 16.6. The van der Waals surface area contributed by atoms with Crippen molar-refractivity contribution in [2.24, 2.45) is 0 Å². The lowest BCUT2D eigenvalue weighted by molar-refractivity contribution is 0.0952. The molecule has 1 aromatic heterocycles. The van der Waals surface area contributed by atoms with E-state index in [4.69, 9.17) is 0 Å². The molecule has 2 N–H and O–H groups in total. The second-order valence-electron chi connectivity index (χ2n) is 5.42. The minimum Gasteiger partial charge on any atom is -0.351 e. The molecule has 0 aromatic carbocycles. The van der Waals surface area contributed by atoms with Gasteiger partial charge in [0.25, 0.3) is 5.91 Å². The Kier molecular flexibility index (Phi) is 5.92. The van der Waals surface area contributed by atoms with Crippen LogP contribution in [0.1, 0.15) is 54.6 Å². The molecule has 110 valence electrons. The van der Waals surface area contributed by atoms with Gasteiger partial charge in [-0.05, 0) is 19.8 Å². The van der Waals surface area contributed by atoms with Crippen LogP contribution in [0.15, 0.2) is 12.5 Å². The highest BCUT2D eigenvalue weighted by Gasteiger charge is 2.12. The SMILES string of the molecule is Cc1ncncc1C(=O)NCCNC1CCCCCC1. The van der Waals surface area contributed by atoms with Gasteiger partial charge in [0.15, 0.2) is 0 Å². The Hall–Kier alpha value is -1.49. The molecule has 1 fully saturated rings. The minimum absolute atomic E-state index is 0.0919. The summed E-state index contributed by atoms with van der Waals surface area (Å²) in [4.78, 5) is 19.9. The quantitative estimate of drug-likeness (QED) is 0.636. The third kappa shape index (κ3) is 4.56. The Bertz CT molecular complexity index is 428. The second-order valence-corrected chi connectivity index (χ2v) is 5.42. The molecular formula is C15H24N4O. The van der Waals surface area contributed by atoms with Crippen LogP contribution in [0, 0.1) is 6.92 Å². The van der Waals surface area contributed by atoms with Crippen LogP contribution in [-0.4, -0.2) is 35.0 Å². The Morgan fingerprint density at radius 2 is 2.00 bits per heavy atom. The van der Waals surface area contributed by atoms with E-state index in [1.807, 2.05) is 6.92 Å². The predicted octanol–water partition coefficient (Wildman–Crippen LogP) is 1.83. The third-order valence-corrected chi connectivity index (χ3v) is 3.85. The van der Waals surface area contributed by atoms with E-state index in [1.165, 1.54) is 44.9 Å². The number of nitrogens with one attached hydrogen (secondary N) is 2. The summed E-state index contributed by atoms with van der Waals surface area (Å²) in [5, 5.41) is 6.45. The molecule has 1 saturated carbocycles. The van der Waals surface area contributed by atoms with Crippen LogP contribution in [0.3, 0.4) is 0 Å². The van der Waals surface area contributed by atoms with Crippen molar-refractivity contribution in [3.63, 3.8) is 0 Å². The number of aryl methyl sites for hydroxylation is 1. The van der Waals surface area contributed by atoms with Crippen LogP contribution in [0.4, 0.5) is 0 Å². The molecule has 0 aliphatic heterocycles. The maximum atomic E-state index is 12.0. The maximum absolute atomic E-state index is 12.0. The first-order chi connectivity index (χ1) is 9.77. The van der Waals surface area contributed by atoms with E-state index in [-0.39, 0.29) is 5.91 Å². The lowest BCUT2D eigenvalue weighted by Gasteiger charge is -2.16. The van der Waals surface area contributed by atoms with Crippen LogP contribution in [-0.2, 0) is 0 Å². The first-order valence-corrected chi connectivity index (χ1v) is 7.55. The molecule has 0 spiro atoms. The average Bonchev–Trinajstić information content (AvgIpc) is 2.72. The highest BCUT2D eigenvalue weighted by atomic mass is 16.1. The molecule has 1 aromatic rings. The van der Waals surface area contributed by atoms with E-state index in [0.29, 0.717) is 23.8 Å². The Labute approximate surface area is 120 Å². The summed E-state index contributed by atoms with van der Waals surface area (Å²) in [5.74, 6) is -0.0919. The summed E-state index contributed by atoms with van der Waals surface area (Å²) in [6, 6.07) is 0.621. The first kappa shape index (κ1) is 14.9. The standard InChI is InChI=1S/C15H24N4O/c1-12-14(10-16-11-19-12)15(20)18-9-8-17-13-6-4-2-3-5-7-13/h10-11,13,17H,2-9H2,1H3,(H,18,20). The van der Waals surface area contributed by atoms with Gasteiger partial charge in [0.2, 0.25) is 0 Å². The number of hydrogen-bond donors (Lipinski definition) is 2. The Balaban J connectivity index is 1.68. The summed E-state index contributed by atoms with van der Waals surface area (Å²) in [5.41, 5.74) is 1.27. The van der Waals surface area contributed by atoms with Crippen LogP contribution in [0.25, 0.3) is 0 Å². The molecule has 1 aliphatic carbocycles. The molecule has 0 radical (unpaired) electrons. The summed E-state index contributed by atoms with van der Waals surface area (Å²) in [6.45, 7) is 3.28. The second kappa shape index (κ2) is 7.94. The van der Waals surface area contributed by atoms with Gasteiger partial charge in [0.05, 0.1) is 11.3 Å². The summed E-state index contributed by atoms with van der Waals surface area (Å²) in [7, 11) is 0. The molecular weight excluding hydrogens is 252 g/mol. The molecule has 1 heterocycles. The highest BCUT2D eigenvalue weighted by Crippen LogP contribution is 2.16. The van der Waals surface area contributed by atoms with Crippen LogP contribution < -0.4 is 10.6 Å². The Morgan fingerprint density at radius 1 is 1.25 bits per heavy atom. The van der Waals surface area contributed by atoms with Crippen molar-refractivity contribution < 1.29 is 4.79 Å². The molecule has 2 rings (SSSR count). The number of nitrogens with zero attached hydrogens (tertiary/aromatic N) is 2. The number of aromatic nitrogens is 2. The first-order valence-electron chi connectivity index (χ1n) is 7.55. The lowest BCUT2D eigenvalue weighted by Crippen LogP contribution is -2.37. The number of hydrogen-bond acceptors (Lipinski definition) is 4. The monoisotopic (exact) mass is 276 g/mol. The van der Waals surface area contributed by atoms with E-state index in [9.17, 15) is 4.79 Å². The molecule has 5 nitrogen and oxygen atoms in total. The van der Waals surface area contributed by atoms with Crippen molar-refractivity contribution in [3.8, 4) is 0 Å². The molecule has 5 heteroatoms. The van der Waals surface area contributed by atoms with E-state index < -0.39 is 0 Å². The molecule has 20 heavy (non-hydrogen) atoms. The third-order valence-electron chi connectivity index (χ3n) is 3.85. The molecule has 0 bridgehead atoms. The zero-order valence-electron chi connectivity index (χ0n) is 12.2. The van der Waals surface area contributed by atoms with Crippen molar-refractivity contribution in [3.05, 3.63) is 23.8 Å². The van der Waals surface area contributed by atoms with Gasteiger partial charge in [-0.25, -0.2) is 9.97 Å². The number of amides is 1. The lowest BCUT2D eigenvalue weighted by atomic mass is 10.1. The van der Waals surface area contributed by atoms with E-state index >= 15 is 0 Å². The molecule has 1 amide bonds. The van der Waals surface area contributed by atoms with Crippen molar-refractivity contribution in [2.45, 2.75) is 51.5 Å². The van der Waals surface area contributed by atoms with Gasteiger partial charge < -0.3 is 10.6 Å². The number of carbonyl (C=O) groups excluding carboxylic acids is 1. The largest absolute Gasteiger partial charge is 0.351 e. The van der Waals surface area contributed by atoms with Gasteiger partial charge >= 0.3 is 0 Å². The molecule has 0 saturated heterocycles. The van der Waals surface area contributed by atoms with Crippen molar-refractivity contribution in [1.29, 1.82) is 0 Å². The van der Waals surface area contributed by atoms with Crippen LogP contribution in [0.2, 0.25) is 0 Å². The number of rotatable bonds is 5. The zero-order valence-corrected chi connectivity index (χ0v) is 12.2. The fraction of sp³-hybridized carbons (Fsp3) is 0.667. The van der Waals surface area contributed by atoms with E-state index in [1.54, 1.807) is 6.20 Å². The van der Waals surface area contributed by atoms with Crippen molar-refractivity contribution >= 4 is 5.91 Å². The summed E-state index contributed by atoms with van der Waals surface area (Å²) < 4.78 is 0. The van der Waals surface area contributed by atoms with Crippen LogP contribution >= 0.6 is 0 Å². The van der Waals surface area contributed by atoms with Crippen molar-refractivity contribution in [1.82, 2.24) is 20.6 Å². The Morgan fingerprint density at radius 3 is 2.70 bits per heavy atom. The van der Waals surface area contributed by atoms with Crippen LogP contribution in [0.5, 0.6) is 0 Å². The maximum Gasteiger partial charge on any atom is 0.254 e. The van der Waals surface area contributed by atoms with Gasteiger partial charge in [-0.15, -0.1) is 0 Å². The summed E-state index contributed by atoms with van der Waals surface area (Å²) >= 11 is 0. The van der Waals surface area contributed by atoms with Crippen molar-refractivity contribution in [2.75, 3.05) is 13.1 Å². The van der Waals surface area contributed by atoms with E-state index in [0.717, 1.165) is 6.54 Å². The smallest absolute Gasteiger partial charge is 0.254 e. The minimum atomic E-state index is -0.0919. The molecule has 0 atom stereocenters. The number of carbonyl (C=O) groups is 1. The fourth-order valence-electron chi connectivity index (χ4n) is 2.64. The predicted molar refractivity (Wildman–Crippen MR) is 78.6 cm³/mol. The topological polar surface area (TPSA) is 66.9 Å². The van der Waals surface area contributed by atoms with Gasteiger partial charge in [-0.3, -0.25) is 4.79 Å². The molecule has 1 aliphatic rings. The van der Waals surface area contributed by atoms with Gasteiger partial charge in [-0.1, -0.05) is 25.7 Å². The zero-order chi connectivity index (χ0) is 14.2. The highest BCUT2D eigenvalue weighted by molar-refractivity contribution is 5.94. The van der Waals surface area contributed by atoms with E-state index in [2.05, 4.69) is 20.6 Å². The van der Waals surface area contributed by atoms with Gasteiger partial charge in [-0.2, -0.15) is 0 Å². The van der Waals surface area contributed by atoms with Gasteiger partial charge in [0.1, 0.15) is 6.33 Å². The summed E-state index contributed by atoms with van der Waals surface area (Å²) in [6.07, 6.45) is 10.9. The van der Waals surface area contributed by atoms with Gasteiger partial charge in [0, 0.05) is 25.3 Å².